The van der Waals surface area contributed by atoms with Crippen molar-refractivity contribution < 1.29 is 14.3 Å². The van der Waals surface area contributed by atoms with Crippen LogP contribution in [0.2, 0.25) is 0 Å². The van der Waals surface area contributed by atoms with Crippen molar-refractivity contribution in [3.8, 4) is 0 Å². The van der Waals surface area contributed by atoms with Gasteiger partial charge in [-0.25, -0.2) is 4.79 Å². The van der Waals surface area contributed by atoms with E-state index in [0.29, 0.717) is 18.4 Å². The third kappa shape index (κ3) is 5.54. The number of carbonyl (C=O) groups excluding carboxylic acids is 2. The van der Waals surface area contributed by atoms with Gasteiger partial charge in [0.05, 0.1) is 7.11 Å². The van der Waals surface area contributed by atoms with E-state index in [-0.39, 0.29) is 11.7 Å². The zero-order valence-electron chi connectivity index (χ0n) is 12.9. The van der Waals surface area contributed by atoms with E-state index in [1.165, 1.54) is 7.11 Å². The van der Waals surface area contributed by atoms with Gasteiger partial charge in [-0.15, -0.1) is 0 Å². The van der Waals surface area contributed by atoms with Crippen LogP contribution in [-0.2, 0) is 14.3 Å². The van der Waals surface area contributed by atoms with Gasteiger partial charge in [0.25, 0.3) is 0 Å². The molecule has 0 radical (unpaired) electrons. The summed E-state index contributed by atoms with van der Waals surface area (Å²) in [6, 6.07) is 9.53. The summed E-state index contributed by atoms with van der Waals surface area (Å²) in [6.45, 7) is 5.93. The number of rotatable bonds is 9. The maximum absolute atomic E-state index is 12.1. The van der Waals surface area contributed by atoms with Crippen molar-refractivity contribution in [2.24, 2.45) is 0 Å². The van der Waals surface area contributed by atoms with Gasteiger partial charge in [-0.3, -0.25) is 4.79 Å². The SMILES string of the molecule is C=C(C(=O)OC)[C@H](CC(=O)CCCCC)c1ccccc1. The van der Waals surface area contributed by atoms with E-state index in [1.54, 1.807) is 0 Å². The van der Waals surface area contributed by atoms with Gasteiger partial charge in [-0.2, -0.15) is 0 Å². The molecule has 21 heavy (non-hydrogen) atoms. The average Bonchev–Trinajstić information content (AvgIpc) is 2.52. The quantitative estimate of drug-likeness (QED) is 0.391. The van der Waals surface area contributed by atoms with E-state index >= 15 is 0 Å². The fourth-order valence-corrected chi connectivity index (χ4v) is 2.30. The molecule has 0 fully saturated rings. The minimum absolute atomic E-state index is 0.169. The second-order valence-electron chi connectivity index (χ2n) is 5.18. The lowest BCUT2D eigenvalue weighted by Crippen LogP contribution is -2.16. The first-order chi connectivity index (χ1) is 10.1. The molecule has 1 aromatic carbocycles. The highest BCUT2D eigenvalue weighted by atomic mass is 16.5. The van der Waals surface area contributed by atoms with E-state index in [9.17, 15) is 9.59 Å². The smallest absolute Gasteiger partial charge is 0.333 e. The van der Waals surface area contributed by atoms with Crippen LogP contribution in [0.25, 0.3) is 0 Å². The van der Waals surface area contributed by atoms with Crippen LogP contribution >= 0.6 is 0 Å². The van der Waals surface area contributed by atoms with Crippen molar-refractivity contribution in [1.82, 2.24) is 0 Å². The molecular formula is C18H24O3. The van der Waals surface area contributed by atoms with Crippen molar-refractivity contribution in [2.75, 3.05) is 7.11 Å². The Balaban J connectivity index is 2.80. The van der Waals surface area contributed by atoms with Gasteiger partial charge in [0.15, 0.2) is 0 Å². The molecule has 3 nitrogen and oxygen atoms in total. The summed E-state index contributed by atoms with van der Waals surface area (Å²) < 4.78 is 4.74. The zero-order valence-corrected chi connectivity index (χ0v) is 12.9. The van der Waals surface area contributed by atoms with E-state index < -0.39 is 5.97 Å². The van der Waals surface area contributed by atoms with Crippen LogP contribution in [0.15, 0.2) is 42.5 Å². The van der Waals surface area contributed by atoms with Gasteiger partial charge in [0, 0.05) is 24.3 Å². The molecule has 3 heteroatoms. The van der Waals surface area contributed by atoms with Crippen LogP contribution in [-0.4, -0.2) is 18.9 Å². The summed E-state index contributed by atoms with van der Waals surface area (Å²) >= 11 is 0. The van der Waals surface area contributed by atoms with Crippen molar-refractivity contribution in [2.45, 2.75) is 44.9 Å². The van der Waals surface area contributed by atoms with Gasteiger partial charge in [-0.05, 0) is 12.0 Å². The largest absolute Gasteiger partial charge is 0.466 e. The average molecular weight is 288 g/mol. The number of unbranched alkanes of at least 4 members (excludes halogenated alkanes) is 2. The van der Waals surface area contributed by atoms with E-state index in [2.05, 4.69) is 13.5 Å². The lowest BCUT2D eigenvalue weighted by Gasteiger charge is -2.18. The van der Waals surface area contributed by atoms with Crippen molar-refractivity contribution in [1.29, 1.82) is 0 Å². The molecule has 1 aromatic rings. The van der Waals surface area contributed by atoms with Gasteiger partial charge in [0.1, 0.15) is 5.78 Å². The molecule has 1 atom stereocenters. The second kappa shape index (κ2) is 9.11. The second-order valence-corrected chi connectivity index (χ2v) is 5.18. The molecular weight excluding hydrogens is 264 g/mol. The maximum Gasteiger partial charge on any atom is 0.333 e. The molecule has 0 aromatic heterocycles. The van der Waals surface area contributed by atoms with Crippen LogP contribution in [0.3, 0.4) is 0 Å². The standard InChI is InChI=1S/C18H24O3/c1-4-5-7-12-16(19)13-17(14(2)18(20)21-3)15-10-8-6-9-11-15/h6,8-11,17H,2,4-5,7,12-13H2,1,3H3/t17-/m0/s1. The number of carbonyl (C=O) groups is 2. The van der Waals surface area contributed by atoms with Crippen LogP contribution in [0.1, 0.15) is 50.5 Å². The number of Topliss-reactive ketones (excluding diaryl/α,β-unsaturated/α-hetero) is 1. The predicted molar refractivity (Wildman–Crippen MR) is 84.1 cm³/mol. The summed E-state index contributed by atoms with van der Waals surface area (Å²) in [5, 5.41) is 0. The molecule has 0 N–H and O–H groups in total. The number of ketones is 1. The Morgan fingerprint density at radius 3 is 2.43 bits per heavy atom. The van der Waals surface area contributed by atoms with Crippen molar-refractivity contribution >= 4 is 11.8 Å². The van der Waals surface area contributed by atoms with E-state index in [0.717, 1.165) is 24.8 Å². The lowest BCUT2D eigenvalue weighted by molar-refractivity contribution is -0.136. The number of methoxy groups -OCH3 is 1. The molecule has 0 spiro atoms. The Kier molecular flexibility index (Phi) is 7.44. The van der Waals surface area contributed by atoms with Crippen LogP contribution in [0.4, 0.5) is 0 Å². The summed E-state index contributed by atoms with van der Waals surface area (Å²) in [7, 11) is 1.33. The highest BCUT2D eigenvalue weighted by molar-refractivity contribution is 5.91. The maximum atomic E-state index is 12.1. The normalized spacial score (nSPS) is 11.7. The Morgan fingerprint density at radius 2 is 1.86 bits per heavy atom. The Labute approximate surface area is 127 Å². The third-order valence-corrected chi connectivity index (χ3v) is 3.56. The first-order valence-electron chi connectivity index (χ1n) is 7.43. The Bertz CT molecular complexity index is 476. The molecule has 0 saturated heterocycles. The van der Waals surface area contributed by atoms with Crippen molar-refractivity contribution in [3.05, 3.63) is 48.0 Å². The van der Waals surface area contributed by atoms with Crippen molar-refractivity contribution in [3.63, 3.8) is 0 Å². The van der Waals surface area contributed by atoms with Crippen LogP contribution in [0.5, 0.6) is 0 Å². The minimum Gasteiger partial charge on any atom is -0.466 e. The molecule has 0 unspecified atom stereocenters. The first-order valence-corrected chi connectivity index (χ1v) is 7.43. The van der Waals surface area contributed by atoms with Gasteiger partial charge in [0.2, 0.25) is 0 Å². The van der Waals surface area contributed by atoms with Crippen LogP contribution < -0.4 is 0 Å². The van der Waals surface area contributed by atoms with Gasteiger partial charge >= 0.3 is 5.97 Å². The first kappa shape index (κ1) is 17.2. The Morgan fingerprint density at radius 1 is 1.19 bits per heavy atom. The highest BCUT2D eigenvalue weighted by Crippen LogP contribution is 2.28. The molecule has 0 saturated carbocycles. The topological polar surface area (TPSA) is 43.4 Å². The minimum atomic E-state index is -0.454. The fraction of sp³-hybridized carbons (Fsp3) is 0.444. The number of benzene rings is 1. The number of hydrogen-bond donors (Lipinski definition) is 0. The molecule has 0 bridgehead atoms. The summed E-state index contributed by atoms with van der Waals surface area (Å²) in [5.74, 6) is -0.583. The summed E-state index contributed by atoms with van der Waals surface area (Å²) in [6.07, 6.45) is 3.92. The highest BCUT2D eigenvalue weighted by Gasteiger charge is 2.23. The molecule has 0 heterocycles. The summed E-state index contributed by atoms with van der Waals surface area (Å²) in [5.41, 5.74) is 1.27. The lowest BCUT2D eigenvalue weighted by atomic mass is 9.86. The van der Waals surface area contributed by atoms with E-state index in [4.69, 9.17) is 4.74 Å². The number of esters is 1. The molecule has 114 valence electrons. The Hall–Kier alpha value is -1.90. The third-order valence-electron chi connectivity index (χ3n) is 3.56. The van der Waals surface area contributed by atoms with Crippen LogP contribution in [0, 0.1) is 0 Å². The predicted octanol–water partition coefficient (Wildman–Crippen LogP) is 4.04. The molecule has 0 aliphatic heterocycles. The molecule has 0 aliphatic carbocycles. The number of hydrogen-bond acceptors (Lipinski definition) is 3. The molecule has 0 aliphatic rings. The van der Waals surface area contributed by atoms with Gasteiger partial charge < -0.3 is 4.74 Å². The monoisotopic (exact) mass is 288 g/mol. The molecule has 1 rings (SSSR count). The zero-order chi connectivity index (χ0) is 15.7. The van der Waals surface area contributed by atoms with Gasteiger partial charge in [-0.1, -0.05) is 56.7 Å². The fourth-order valence-electron chi connectivity index (χ4n) is 2.30. The van der Waals surface area contributed by atoms with E-state index in [1.807, 2.05) is 30.3 Å². The number of ether oxygens (including phenoxy) is 1. The molecule has 0 amide bonds. The summed E-state index contributed by atoms with van der Waals surface area (Å²) in [4.78, 5) is 23.9.